The van der Waals surface area contributed by atoms with Gasteiger partial charge >= 0.3 is 12.1 Å². The molecule has 0 spiro atoms. The second kappa shape index (κ2) is 14.8. The van der Waals surface area contributed by atoms with Gasteiger partial charge < -0.3 is 14.4 Å². The highest BCUT2D eigenvalue weighted by Crippen LogP contribution is 2.40. The summed E-state index contributed by atoms with van der Waals surface area (Å²) >= 11 is 6.24. The van der Waals surface area contributed by atoms with E-state index in [9.17, 15) is 35.6 Å². The minimum absolute atomic E-state index is 0.0188. The number of amides is 1. The molecule has 0 aromatic heterocycles. The van der Waals surface area contributed by atoms with Crippen LogP contribution in [0.25, 0.3) is 11.6 Å². The van der Waals surface area contributed by atoms with Crippen molar-refractivity contribution < 1.29 is 45.0 Å². The van der Waals surface area contributed by atoms with E-state index in [1.54, 1.807) is 30.9 Å². The molecule has 8 nitrogen and oxygen atoms in total. The number of nitrogens with zero attached hydrogens (tertiary/aromatic N) is 2. The SMILES string of the molecule is CCOC(=O)C1CCN(C(=O)CCC2CN(S(=O)(=O)c3cccc(C(F)(F)F)c3)c3cc(C=C(C)c4c(F)cccc4Cl)ccc3O2)CC1. The number of piperidine rings is 1. The van der Waals surface area contributed by atoms with Crippen molar-refractivity contribution in [3.63, 3.8) is 0 Å². The molecule has 2 aliphatic rings. The smallest absolute Gasteiger partial charge is 0.416 e. The maximum absolute atomic E-state index is 14.6. The normalized spacial score (nSPS) is 17.4. The zero-order chi connectivity index (χ0) is 35.5. The Morgan fingerprint density at radius 3 is 2.45 bits per heavy atom. The predicted molar refractivity (Wildman–Crippen MR) is 177 cm³/mol. The molecule has 0 aliphatic carbocycles. The fraction of sp³-hybridized carbons (Fsp3) is 0.371. The number of rotatable bonds is 9. The monoisotopic (exact) mass is 722 g/mol. The van der Waals surface area contributed by atoms with Gasteiger partial charge in [-0.25, -0.2) is 12.8 Å². The van der Waals surface area contributed by atoms with E-state index in [2.05, 4.69) is 0 Å². The minimum Gasteiger partial charge on any atom is -0.486 e. The van der Waals surface area contributed by atoms with Crippen LogP contribution in [-0.4, -0.2) is 57.5 Å². The van der Waals surface area contributed by atoms with Crippen LogP contribution in [0.5, 0.6) is 5.75 Å². The molecule has 1 atom stereocenters. The first-order valence-corrected chi connectivity index (χ1v) is 17.6. The van der Waals surface area contributed by atoms with E-state index < -0.39 is 38.6 Å². The Morgan fingerprint density at radius 1 is 1.06 bits per heavy atom. The number of likely N-dealkylation sites (tertiary alicyclic amines) is 1. The van der Waals surface area contributed by atoms with Crippen LogP contribution in [-0.2, 0) is 30.5 Å². The Morgan fingerprint density at radius 2 is 1.78 bits per heavy atom. The van der Waals surface area contributed by atoms with Crippen LogP contribution in [0.2, 0.25) is 5.02 Å². The summed E-state index contributed by atoms with van der Waals surface area (Å²) in [5.41, 5.74) is 0.0339. The van der Waals surface area contributed by atoms with E-state index in [4.69, 9.17) is 21.1 Å². The molecule has 0 N–H and O–H groups in total. The van der Waals surface area contributed by atoms with Gasteiger partial charge in [0.1, 0.15) is 17.7 Å². The molecule has 3 aromatic rings. The number of benzene rings is 3. The number of sulfonamides is 1. The van der Waals surface area contributed by atoms with E-state index in [0.717, 1.165) is 22.5 Å². The fourth-order valence-corrected chi connectivity index (χ4v) is 7.88. The Balaban J connectivity index is 1.42. The van der Waals surface area contributed by atoms with Gasteiger partial charge in [-0.2, -0.15) is 13.2 Å². The molecule has 2 aliphatic heterocycles. The van der Waals surface area contributed by atoms with Crippen LogP contribution in [0.3, 0.4) is 0 Å². The lowest BCUT2D eigenvalue weighted by Crippen LogP contribution is -2.45. The van der Waals surface area contributed by atoms with Gasteiger partial charge in [0, 0.05) is 25.1 Å². The second-order valence-electron chi connectivity index (χ2n) is 11.9. The number of esters is 1. The minimum atomic E-state index is -4.77. The van der Waals surface area contributed by atoms with Crippen LogP contribution in [0.1, 0.15) is 56.2 Å². The molecule has 1 amide bonds. The van der Waals surface area contributed by atoms with Gasteiger partial charge in [0.05, 0.1) is 40.2 Å². The zero-order valence-electron chi connectivity index (χ0n) is 26.8. The molecule has 0 bridgehead atoms. The van der Waals surface area contributed by atoms with Crippen LogP contribution in [0.15, 0.2) is 65.6 Å². The fourth-order valence-electron chi connectivity index (χ4n) is 6.02. The van der Waals surface area contributed by atoms with Crippen LogP contribution in [0, 0.1) is 11.7 Å². The molecule has 1 saturated heterocycles. The van der Waals surface area contributed by atoms with Crippen LogP contribution < -0.4 is 9.04 Å². The standard InChI is InChI=1S/C35H35ClF4N2O6S/c1-3-47-34(44)24-14-16-41(17-15-24)32(43)13-11-26-21-42(49(45,46)27-7-4-6-25(20-27)35(38,39)40)30-19-23(10-12-31(30)48-26)18-22(2)33-28(36)8-5-9-29(33)37/h4-10,12,18-20,24,26H,3,11,13-17,21H2,1-2H3. The van der Waals surface area contributed by atoms with Gasteiger partial charge in [0.15, 0.2) is 0 Å². The first-order valence-electron chi connectivity index (χ1n) is 15.8. The highest BCUT2D eigenvalue weighted by Gasteiger charge is 2.38. The van der Waals surface area contributed by atoms with Crippen LogP contribution >= 0.6 is 11.6 Å². The summed E-state index contributed by atoms with van der Waals surface area (Å²) in [4.78, 5) is 26.3. The summed E-state index contributed by atoms with van der Waals surface area (Å²) in [5.74, 6) is -1.14. The topological polar surface area (TPSA) is 93.2 Å². The summed E-state index contributed by atoms with van der Waals surface area (Å²) in [5, 5.41) is 0.185. The molecule has 49 heavy (non-hydrogen) atoms. The lowest BCUT2D eigenvalue weighted by Gasteiger charge is -2.36. The molecule has 0 saturated carbocycles. The van der Waals surface area contributed by atoms with E-state index in [0.29, 0.717) is 43.1 Å². The lowest BCUT2D eigenvalue weighted by atomic mass is 9.96. The number of hydrogen-bond acceptors (Lipinski definition) is 6. The summed E-state index contributed by atoms with van der Waals surface area (Å²) in [6, 6.07) is 12.4. The number of allylic oxidation sites excluding steroid dienone is 1. The molecule has 3 aromatic carbocycles. The molecular formula is C35H35ClF4N2O6S. The number of anilines is 1. The molecule has 14 heteroatoms. The van der Waals surface area contributed by atoms with Crippen molar-refractivity contribution >= 4 is 50.8 Å². The van der Waals surface area contributed by atoms with Gasteiger partial charge in [-0.3, -0.25) is 13.9 Å². The molecule has 0 radical (unpaired) electrons. The van der Waals surface area contributed by atoms with Crippen molar-refractivity contribution in [1.29, 1.82) is 0 Å². The lowest BCUT2D eigenvalue weighted by molar-refractivity contribution is -0.151. The largest absolute Gasteiger partial charge is 0.486 e. The van der Waals surface area contributed by atoms with Crippen LogP contribution in [0.4, 0.5) is 23.2 Å². The number of ether oxygens (including phenoxy) is 2. The van der Waals surface area contributed by atoms with E-state index >= 15 is 0 Å². The summed E-state index contributed by atoms with van der Waals surface area (Å²) in [6.07, 6.45) is -2.89. The first-order chi connectivity index (χ1) is 23.2. The Hall–Kier alpha value is -4.10. The van der Waals surface area contributed by atoms with Crippen molar-refractivity contribution in [2.45, 2.75) is 56.7 Å². The number of fused-ring (bicyclic) bond motifs is 1. The highest BCUT2D eigenvalue weighted by molar-refractivity contribution is 7.92. The summed E-state index contributed by atoms with van der Waals surface area (Å²) < 4.78 is 95.6. The van der Waals surface area contributed by atoms with Gasteiger partial charge in [-0.1, -0.05) is 35.9 Å². The molecule has 2 heterocycles. The quantitative estimate of drug-likeness (QED) is 0.128. The van der Waals surface area contributed by atoms with Gasteiger partial charge in [0.25, 0.3) is 10.0 Å². The van der Waals surface area contributed by atoms with Crippen molar-refractivity contribution in [2.75, 3.05) is 30.5 Å². The van der Waals surface area contributed by atoms with Gasteiger partial charge in [-0.05, 0) is 86.7 Å². The van der Waals surface area contributed by atoms with E-state index in [1.165, 1.54) is 30.3 Å². The second-order valence-corrected chi connectivity index (χ2v) is 14.2. The maximum Gasteiger partial charge on any atom is 0.416 e. The first kappa shape index (κ1) is 36.2. The van der Waals surface area contributed by atoms with Crippen molar-refractivity contribution in [2.24, 2.45) is 5.92 Å². The Bertz CT molecular complexity index is 1840. The number of hydrogen-bond donors (Lipinski definition) is 0. The van der Waals surface area contributed by atoms with Crippen molar-refractivity contribution in [3.8, 4) is 5.75 Å². The zero-order valence-corrected chi connectivity index (χ0v) is 28.4. The Labute approximate surface area is 287 Å². The molecule has 1 fully saturated rings. The number of carbonyl (C=O) groups excluding carboxylic acids is 2. The third kappa shape index (κ3) is 8.21. The molecule has 1 unspecified atom stereocenters. The highest BCUT2D eigenvalue weighted by atomic mass is 35.5. The number of halogens is 5. The molecule has 262 valence electrons. The molecular weight excluding hydrogens is 688 g/mol. The third-order valence-corrected chi connectivity index (χ3v) is 10.6. The molecule has 5 rings (SSSR count). The summed E-state index contributed by atoms with van der Waals surface area (Å²) in [7, 11) is -4.57. The van der Waals surface area contributed by atoms with Crippen molar-refractivity contribution in [3.05, 3.63) is 88.2 Å². The average Bonchev–Trinajstić information content (AvgIpc) is 3.06. The Kier molecular flexibility index (Phi) is 10.9. The summed E-state index contributed by atoms with van der Waals surface area (Å²) in [6.45, 7) is 4.12. The van der Waals surface area contributed by atoms with Gasteiger partial charge in [0.2, 0.25) is 5.91 Å². The van der Waals surface area contributed by atoms with Crippen molar-refractivity contribution in [1.82, 2.24) is 4.90 Å². The number of alkyl halides is 3. The van der Waals surface area contributed by atoms with E-state index in [-0.39, 0.29) is 65.8 Å². The predicted octanol–water partition coefficient (Wildman–Crippen LogP) is 7.60. The van der Waals surface area contributed by atoms with Gasteiger partial charge in [-0.15, -0.1) is 0 Å². The number of carbonyl (C=O) groups is 2. The third-order valence-electron chi connectivity index (χ3n) is 8.55. The maximum atomic E-state index is 14.6. The average molecular weight is 723 g/mol. The van der Waals surface area contributed by atoms with E-state index in [1.807, 2.05) is 0 Å².